The van der Waals surface area contributed by atoms with Crippen molar-refractivity contribution in [2.24, 2.45) is 0 Å². The zero-order valence-corrected chi connectivity index (χ0v) is 34.0. The van der Waals surface area contributed by atoms with Gasteiger partial charge in [-0.1, -0.05) is 176 Å². The molecule has 4 heteroatoms. The van der Waals surface area contributed by atoms with Gasteiger partial charge in [0.05, 0.1) is 11.4 Å². The number of aromatic hydroxyl groups is 1. The molecule has 0 saturated heterocycles. The fourth-order valence-electron chi connectivity index (χ4n) is 8.94. The molecule has 0 aromatic heterocycles. The van der Waals surface area contributed by atoms with E-state index >= 15 is 0 Å². The molecule has 10 aromatic rings. The summed E-state index contributed by atoms with van der Waals surface area (Å²) in [6, 6.07) is 89.0. The molecule has 0 unspecified atom stereocenters. The average Bonchev–Trinajstić information content (AvgIpc) is 3.32. The average molecular weight is 787 g/mol. The molecule has 60 heavy (non-hydrogen) atoms. The molecule has 0 spiro atoms. The minimum Gasteiger partial charge on any atom is -0.508 e. The topological polar surface area (TPSA) is 26.7 Å². The van der Waals surface area contributed by atoms with Gasteiger partial charge in [-0.3, -0.25) is 0 Å². The van der Waals surface area contributed by atoms with Crippen LogP contribution in [0, 0.1) is 0 Å². The van der Waals surface area contributed by atoms with Crippen LogP contribution in [0.3, 0.4) is 0 Å². The number of nitrogens with zero attached hydrogens (tertiary/aromatic N) is 2. The summed E-state index contributed by atoms with van der Waals surface area (Å²) in [7, 11) is -2.90. The maximum Gasteiger partial charge on any atom is 0.179 e. The Bertz CT molecular complexity index is 2980. The van der Waals surface area contributed by atoms with E-state index in [1.807, 2.05) is 12.1 Å². The van der Waals surface area contributed by atoms with E-state index in [2.05, 4.69) is 234 Å². The van der Waals surface area contributed by atoms with Crippen LogP contribution in [0.2, 0.25) is 0 Å². The molecular weight excluding hydrogens is 745 g/mol. The summed E-state index contributed by atoms with van der Waals surface area (Å²) < 4.78 is 0. The number of phenolic OH excluding ortho intramolecular Hbond substituents is 1. The number of rotatable bonds is 10. The second-order valence-electron chi connectivity index (χ2n) is 15.1. The highest BCUT2D eigenvalue weighted by Gasteiger charge is 2.41. The van der Waals surface area contributed by atoms with Crippen molar-refractivity contribution in [2.75, 3.05) is 9.80 Å². The van der Waals surface area contributed by atoms with Crippen molar-refractivity contribution in [1.82, 2.24) is 0 Å². The lowest BCUT2D eigenvalue weighted by Crippen LogP contribution is -2.74. The molecule has 10 aromatic carbocycles. The highest BCUT2D eigenvalue weighted by atomic mass is 28.3. The highest BCUT2D eigenvalue weighted by Crippen LogP contribution is 2.40. The second-order valence-corrected chi connectivity index (χ2v) is 18.9. The number of fused-ring (bicyclic) bond motifs is 2. The van der Waals surface area contributed by atoms with E-state index in [1.54, 1.807) is 12.1 Å². The van der Waals surface area contributed by atoms with Crippen LogP contribution in [0.4, 0.5) is 34.1 Å². The highest BCUT2D eigenvalue weighted by molar-refractivity contribution is 7.19. The second kappa shape index (κ2) is 15.9. The molecule has 0 radical (unpaired) electrons. The molecule has 0 amide bonds. The Morgan fingerprint density at radius 1 is 0.267 bits per heavy atom. The Kier molecular flexibility index (Phi) is 9.74. The first kappa shape index (κ1) is 36.7. The van der Waals surface area contributed by atoms with E-state index in [9.17, 15) is 5.11 Å². The molecule has 0 atom stereocenters. The third-order valence-corrected chi connectivity index (χ3v) is 16.5. The lowest BCUT2D eigenvalue weighted by Gasteiger charge is -2.35. The summed E-state index contributed by atoms with van der Waals surface area (Å²) in [6.07, 6.45) is 0. The normalized spacial score (nSPS) is 11.4. The predicted molar refractivity (Wildman–Crippen MR) is 256 cm³/mol. The van der Waals surface area contributed by atoms with Crippen LogP contribution >= 0.6 is 0 Å². The van der Waals surface area contributed by atoms with E-state index < -0.39 is 8.07 Å². The lowest BCUT2D eigenvalue weighted by atomic mass is 10.1. The van der Waals surface area contributed by atoms with Crippen LogP contribution in [-0.4, -0.2) is 13.2 Å². The number of para-hydroxylation sites is 1. The molecular formula is C56H42N2OSi. The minimum atomic E-state index is -2.90. The quantitative estimate of drug-likeness (QED) is 0.110. The molecule has 0 heterocycles. The van der Waals surface area contributed by atoms with Crippen molar-refractivity contribution in [3.63, 3.8) is 0 Å². The van der Waals surface area contributed by atoms with Gasteiger partial charge in [-0.25, -0.2) is 0 Å². The molecule has 0 saturated carbocycles. The molecule has 1 N–H and O–H groups in total. The SMILES string of the molecule is Oc1ccc(N(c2ccc([Si](c3ccccc3)(c3ccccc3)c3ccc(N(c4ccccc4)c4cccc5ccccc45)cc3)cc2)c2cccc3ccccc23)cc1. The third-order valence-electron chi connectivity index (χ3n) is 11.7. The third kappa shape index (κ3) is 6.59. The van der Waals surface area contributed by atoms with E-state index in [0.29, 0.717) is 0 Å². The van der Waals surface area contributed by atoms with Gasteiger partial charge in [-0.15, -0.1) is 0 Å². The lowest BCUT2D eigenvalue weighted by molar-refractivity contribution is 0.475. The predicted octanol–water partition coefficient (Wildman–Crippen LogP) is 12.0. The summed E-state index contributed by atoms with van der Waals surface area (Å²) in [5.74, 6) is 0.239. The van der Waals surface area contributed by atoms with Gasteiger partial charge in [0.25, 0.3) is 0 Å². The van der Waals surface area contributed by atoms with Gasteiger partial charge in [0.15, 0.2) is 8.07 Å². The maximum atomic E-state index is 10.3. The molecule has 3 nitrogen and oxygen atoms in total. The molecule has 0 aliphatic rings. The first-order valence-electron chi connectivity index (χ1n) is 20.4. The van der Waals surface area contributed by atoms with Gasteiger partial charge in [-0.05, 0) is 104 Å². The molecule has 0 aliphatic carbocycles. The first-order chi connectivity index (χ1) is 29.7. The molecule has 0 bridgehead atoms. The van der Waals surface area contributed by atoms with Crippen LogP contribution < -0.4 is 30.5 Å². The van der Waals surface area contributed by atoms with Gasteiger partial charge in [0.2, 0.25) is 0 Å². The van der Waals surface area contributed by atoms with Crippen molar-refractivity contribution >= 4 is 84.5 Å². The number of phenols is 1. The van der Waals surface area contributed by atoms with Crippen LogP contribution in [0.25, 0.3) is 21.5 Å². The largest absolute Gasteiger partial charge is 0.508 e. The van der Waals surface area contributed by atoms with E-state index in [4.69, 9.17) is 0 Å². The Morgan fingerprint density at radius 3 is 1.02 bits per heavy atom. The zero-order chi connectivity index (χ0) is 40.3. The molecule has 0 fully saturated rings. The monoisotopic (exact) mass is 786 g/mol. The maximum absolute atomic E-state index is 10.3. The number of benzene rings is 10. The molecule has 0 aliphatic heterocycles. The number of hydrogen-bond acceptors (Lipinski definition) is 3. The van der Waals surface area contributed by atoms with Crippen LogP contribution in [-0.2, 0) is 0 Å². The van der Waals surface area contributed by atoms with E-state index in [-0.39, 0.29) is 5.75 Å². The summed E-state index contributed by atoms with van der Waals surface area (Å²) in [4.78, 5) is 4.67. The minimum absolute atomic E-state index is 0.239. The van der Waals surface area contributed by atoms with Crippen molar-refractivity contribution in [3.05, 3.63) is 249 Å². The van der Waals surface area contributed by atoms with Gasteiger partial charge < -0.3 is 14.9 Å². The van der Waals surface area contributed by atoms with Crippen molar-refractivity contribution < 1.29 is 5.11 Å². The zero-order valence-electron chi connectivity index (χ0n) is 33.0. The summed E-state index contributed by atoms with van der Waals surface area (Å²) in [5, 5.41) is 20.2. The Morgan fingerprint density at radius 2 is 0.583 bits per heavy atom. The fourth-order valence-corrected chi connectivity index (χ4v) is 13.7. The molecule has 10 rings (SSSR count). The number of hydrogen-bond donors (Lipinski definition) is 1. The van der Waals surface area contributed by atoms with E-state index in [1.165, 1.54) is 36.9 Å². The standard InChI is InChI=1S/C56H42N2OSi/c59-48-36-30-45(31-37-48)58(56-29-15-19-43-17-11-13-27-54(43)56)47-34-40-52(41-35-47)60(49-22-6-2-7-23-49,50-24-8-3-9-25-50)51-38-32-46(33-39-51)57(44-20-4-1-5-21-44)55-28-14-18-42-16-10-12-26-53(42)55/h1-41,59H. The Hall–Kier alpha value is -7.66. The van der Waals surface area contributed by atoms with Crippen molar-refractivity contribution in [3.8, 4) is 5.75 Å². The van der Waals surface area contributed by atoms with E-state index in [0.717, 1.165) is 39.5 Å². The van der Waals surface area contributed by atoms with Crippen molar-refractivity contribution in [2.45, 2.75) is 0 Å². The van der Waals surface area contributed by atoms with Crippen molar-refractivity contribution in [1.29, 1.82) is 0 Å². The Labute approximate surface area is 352 Å². The van der Waals surface area contributed by atoms with Crippen LogP contribution in [0.5, 0.6) is 5.75 Å². The van der Waals surface area contributed by atoms with Crippen LogP contribution in [0.1, 0.15) is 0 Å². The first-order valence-corrected chi connectivity index (χ1v) is 22.4. The molecule has 286 valence electrons. The summed E-state index contributed by atoms with van der Waals surface area (Å²) >= 11 is 0. The summed E-state index contributed by atoms with van der Waals surface area (Å²) in [5.41, 5.74) is 6.43. The number of anilines is 6. The fraction of sp³-hybridized carbons (Fsp3) is 0. The van der Waals surface area contributed by atoms with Crippen LogP contribution in [0.15, 0.2) is 249 Å². The Balaban J connectivity index is 1.15. The van der Waals surface area contributed by atoms with Gasteiger partial charge >= 0.3 is 0 Å². The smallest absolute Gasteiger partial charge is 0.179 e. The van der Waals surface area contributed by atoms with Gasteiger partial charge in [0, 0.05) is 33.5 Å². The van der Waals surface area contributed by atoms with Gasteiger partial charge in [-0.2, -0.15) is 0 Å². The van der Waals surface area contributed by atoms with Gasteiger partial charge in [0.1, 0.15) is 5.75 Å². The summed E-state index contributed by atoms with van der Waals surface area (Å²) in [6.45, 7) is 0.